The molecule has 0 atom stereocenters. The first kappa shape index (κ1) is 19.0. The van der Waals surface area contributed by atoms with Crippen LogP contribution in [0.2, 0.25) is 0 Å². The highest BCUT2D eigenvalue weighted by atomic mass is 16.6. The summed E-state index contributed by atoms with van der Waals surface area (Å²) in [5.41, 5.74) is -0.407. The van der Waals surface area contributed by atoms with E-state index in [0.29, 0.717) is 0 Å². The molecule has 3 aliphatic rings. The molecule has 0 aromatic heterocycles. The Hall–Kier alpha value is -0.810. The van der Waals surface area contributed by atoms with Crippen LogP contribution < -0.4 is 5.32 Å². The van der Waals surface area contributed by atoms with E-state index in [-0.39, 0.29) is 6.09 Å². The lowest BCUT2D eigenvalue weighted by atomic mass is 9.68. The number of nitrogens with one attached hydrogen (secondary N) is 1. The van der Waals surface area contributed by atoms with Gasteiger partial charge in [0.1, 0.15) is 5.60 Å². The summed E-state index contributed by atoms with van der Waals surface area (Å²) in [6.45, 7) is 11.4. The highest BCUT2D eigenvalue weighted by molar-refractivity contribution is 5.68. The molecule has 0 bridgehead atoms. The van der Waals surface area contributed by atoms with Crippen molar-refractivity contribution < 1.29 is 9.53 Å². The van der Waals surface area contributed by atoms with Gasteiger partial charge >= 0.3 is 6.09 Å². The van der Waals surface area contributed by atoms with Crippen molar-refractivity contribution in [2.45, 2.75) is 70.9 Å². The number of carbonyl (C=O) groups is 1. The molecule has 1 aliphatic heterocycles. The minimum absolute atomic E-state index is 0.166. The monoisotopic (exact) mass is 351 g/mol. The van der Waals surface area contributed by atoms with Gasteiger partial charge in [0.15, 0.2) is 0 Å². The molecular formula is C20H37N3O2. The van der Waals surface area contributed by atoms with Crippen molar-refractivity contribution in [1.82, 2.24) is 15.1 Å². The van der Waals surface area contributed by atoms with Crippen LogP contribution in [0.3, 0.4) is 0 Å². The van der Waals surface area contributed by atoms with E-state index in [1.165, 1.54) is 38.5 Å². The summed E-state index contributed by atoms with van der Waals surface area (Å²) in [7, 11) is 0. The summed E-state index contributed by atoms with van der Waals surface area (Å²) in [4.78, 5) is 16.5. The number of amides is 1. The molecule has 144 valence electrons. The first-order valence-corrected chi connectivity index (χ1v) is 10.4. The minimum Gasteiger partial charge on any atom is -0.444 e. The first-order chi connectivity index (χ1) is 11.9. The number of carbonyl (C=O) groups excluding carboxylic acids is 1. The maximum absolute atomic E-state index is 12.1. The second-order valence-corrected chi connectivity index (χ2v) is 9.17. The summed E-state index contributed by atoms with van der Waals surface area (Å²) in [6, 6.07) is 0.769. The van der Waals surface area contributed by atoms with Gasteiger partial charge in [-0.25, -0.2) is 4.79 Å². The molecule has 1 saturated heterocycles. The Kier molecular flexibility index (Phi) is 6.26. The van der Waals surface area contributed by atoms with Crippen molar-refractivity contribution in [3.8, 4) is 0 Å². The van der Waals surface area contributed by atoms with Crippen LogP contribution in [0.5, 0.6) is 0 Å². The van der Waals surface area contributed by atoms with E-state index < -0.39 is 5.60 Å². The zero-order chi connectivity index (χ0) is 17.9. The third-order valence-corrected chi connectivity index (χ3v) is 6.15. The van der Waals surface area contributed by atoms with Crippen LogP contribution in [0.25, 0.3) is 0 Å². The minimum atomic E-state index is -0.407. The van der Waals surface area contributed by atoms with Gasteiger partial charge in [-0.3, -0.25) is 4.90 Å². The number of hydrogen-bond acceptors (Lipinski definition) is 4. The molecular weight excluding hydrogens is 314 g/mol. The standard InChI is InChI=1S/C20H37N3O2/c1-20(2,3)25-19(24)23-14-12-22(13-15-23)11-10-21-18(16-6-4-7-16)17-8-5-9-17/h16-18,21H,4-15H2,1-3H3. The van der Waals surface area contributed by atoms with Crippen molar-refractivity contribution in [3.05, 3.63) is 0 Å². The first-order valence-electron chi connectivity index (χ1n) is 10.4. The van der Waals surface area contributed by atoms with Gasteiger partial charge < -0.3 is 15.0 Å². The quantitative estimate of drug-likeness (QED) is 0.799. The molecule has 5 nitrogen and oxygen atoms in total. The van der Waals surface area contributed by atoms with Crippen molar-refractivity contribution in [1.29, 1.82) is 0 Å². The van der Waals surface area contributed by atoms with Gasteiger partial charge in [-0.1, -0.05) is 12.8 Å². The van der Waals surface area contributed by atoms with Gasteiger partial charge in [-0.15, -0.1) is 0 Å². The number of hydrogen-bond donors (Lipinski definition) is 1. The molecule has 3 fully saturated rings. The third kappa shape index (κ3) is 5.33. The molecule has 2 saturated carbocycles. The zero-order valence-electron chi connectivity index (χ0n) is 16.4. The lowest BCUT2D eigenvalue weighted by Crippen LogP contribution is -2.53. The van der Waals surface area contributed by atoms with Gasteiger partial charge in [0.2, 0.25) is 0 Å². The molecule has 0 aromatic rings. The summed E-state index contributed by atoms with van der Waals surface area (Å²) in [5.74, 6) is 1.88. The molecule has 1 amide bonds. The van der Waals surface area contributed by atoms with Crippen LogP contribution >= 0.6 is 0 Å². The van der Waals surface area contributed by atoms with Gasteiger partial charge in [-0.05, 0) is 58.3 Å². The molecule has 2 aliphatic carbocycles. The Morgan fingerprint density at radius 1 is 1.04 bits per heavy atom. The fourth-order valence-electron chi connectivity index (χ4n) is 4.19. The summed E-state index contributed by atoms with van der Waals surface area (Å²) in [6.07, 6.45) is 8.43. The number of piperazine rings is 1. The smallest absolute Gasteiger partial charge is 0.410 e. The summed E-state index contributed by atoms with van der Waals surface area (Å²) >= 11 is 0. The van der Waals surface area contributed by atoms with Crippen molar-refractivity contribution in [3.63, 3.8) is 0 Å². The van der Waals surface area contributed by atoms with E-state index in [1.807, 2.05) is 25.7 Å². The highest BCUT2D eigenvalue weighted by Crippen LogP contribution is 2.39. The van der Waals surface area contributed by atoms with Crippen LogP contribution in [-0.4, -0.2) is 66.8 Å². The molecule has 1 heterocycles. The van der Waals surface area contributed by atoms with Crippen LogP contribution in [-0.2, 0) is 4.74 Å². The zero-order valence-corrected chi connectivity index (χ0v) is 16.4. The Morgan fingerprint density at radius 3 is 2.04 bits per heavy atom. The second-order valence-electron chi connectivity index (χ2n) is 9.17. The van der Waals surface area contributed by atoms with E-state index in [2.05, 4.69) is 10.2 Å². The largest absolute Gasteiger partial charge is 0.444 e. The average molecular weight is 352 g/mol. The normalized spacial score (nSPS) is 23.4. The summed E-state index contributed by atoms with van der Waals surface area (Å²) in [5, 5.41) is 3.89. The molecule has 1 N–H and O–H groups in total. The lowest BCUT2D eigenvalue weighted by Gasteiger charge is -2.43. The topological polar surface area (TPSA) is 44.8 Å². The maximum Gasteiger partial charge on any atom is 0.410 e. The second kappa shape index (κ2) is 8.26. The van der Waals surface area contributed by atoms with Gasteiger partial charge in [0.05, 0.1) is 0 Å². The molecule has 0 spiro atoms. The van der Waals surface area contributed by atoms with Gasteiger partial charge in [-0.2, -0.15) is 0 Å². The van der Waals surface area contributed by atoms with E-state index in [1.54, 1.807) is 0 Å². The van der Waals surface area contributed by atoms with Gasteiger partial charge in [0.25, 0.3) is 0 Å². The third-order valence-electron chi connectivity index (χ3n) is 6.15. The maximum atomic E-state index is 12.1. The van der Waals surface area contributed by atoms with E-state index in [0.717, 1.165) is 57.1 Å². The molecule has 0 unspecified atom stereocenters. The van der Waals surface area contributed by atoms with E-state index in [9.17, 15) is 4.79 Å². The average Bonchev–Trinajstić information content (AvgIpc) is 2.42. The predicted molar refractivity (Wildman–Crippen MR) is 101 cm³/mol. The van der Waals surface area contributed by atoms with Crippen molar-refractivity contribution >= 4 is 6.09 Å². The lowest BCUT2D eigenvalue weighted by molar-refractivity contribution is 0.0143. The Morgan fingerprint density at radius 2 is 1.60 bits per heavy atom. The van der Waals surface area contributed by atoms with Crippen LogP contribution in [0, 0.1) is 11.8 Å². The highest BCUT2D eigenvalue weighted by Gasteiger charge is 2.35. The van der Waals surface area contributed by atoms with Crippen molar-refractivity contribution in [2.24, 2.45) is 11.8 Å². The Bertz CT molecular complexity index is 419. The molecule has 0 aromatic carbocycles. The number of rotatable bonds is 6. The predicted octanol–water partition coefficient (Wildman–Crippen LogP) is 3.10. The van der Waals surface area contributed by atoms with E-state index in [4.69, 9.17) is 4.74 Å². The fourth-order valence-corrected chi connectivity index (χ4v) is 4.19. The van der Waals surface area contributed by atoms with Gasteiger partial charge in [0, 0.05) is 45.3 Å². The van der Waals surface area contributed by atoms with Crippen LogP contribution in [0.4, 0.5) is 4.79 Å². The molecule has 25 heavy (non-hydrogen) atoms. The molecule has 0 radical (unpaired) electrons. The van der Waals surface area contributed by atoms with Crippen LogP contribution in [0.1, 0.15) is 59.3 Å². The molecule has 5 heteroatoms. The number of ether oxygens (including phenoxy) is 1. The number of nitrogens with zero attached hydrogens (tertiary/aromatic N) is 2. The van der Waals surface area contributed by atoms with Crippen molar-refractivity contribution in [2.75, 3.05) is 39.3 Å². The fraction of sp³-hybridized carbons (Fsp3) is 0.950. The van der Waals surface area contributed by atoms with Crippen LogP contribution in [0.15, 0.2) is 0 Å². The Labute approximate surface area is 153 Å². The van der Waals surface area contributed by atoms with E-state index >= 15 is 0 Å². The Balaban J connectivity index is 1.34. The molecule has 3 rings (SSSR count). The summed E-state index contributed by atoms with van der Waals surface area (Å²) < 4.78 is 5.47. The SMILES string of the molecule is CC(C)(C)OC(=O)N1CCN(CCNC(C2CCC2)C2CCC2)CC1.